The van der Waals surface area contributed by atoms with E-state index in [-0.39, 0.29) is 0 Å². The molecule has 0 rings (SSSR count). The van der Waals surface area contributed by atoms with Crippen molar-refractivity contribution in [3.63, 3.8) is 0 Å². The first-order valence-corrected chi connectivity index (χ1v) is 6.97. The molecule has 0 aromatic carbocycles. The zero-order chi connectivity index (χ0) is 16.6. The molecule has 4 heteroatoms. The van der Waals surface area contributed by atoms with Crippen LogP contribution in [0.5, 0.6) is 0 Å². The molecule has 0 bridgehead atoms. The average Bonchev–Trinajstić information content (AvgIpc) is 2.12. The molecule has 0 amide bonds. The summed E-state index contributed by atoms with van der Waals surface area (Å²) >= 11 is 0. The molecular weight excluding hydrogens is 256 g/mol. The summed E-state index contributed by atoms with van der Waals surface area (Å²) in [5.74, 6) is -2.09. The highest BCUT2D eigenvalue weighted by atomic mass is 16.7. The Kier molecular flexibility index (Phi) is 5.09. The Balaban J connectivity index is 5.36. The van der Waals surface area contributed by atoms with Crippen LogP contribution in [-0.4, -0.2) is 17.7 Å². The van der Waals surface area contributed by atoms with Gasteiger partial charge in [-0.1, -0.05) is 20.8 Å². The van der Waals surface area contributed by atoms with Gasteiger partial charge in [0.15, 0.2) is 0 Å². The Morgan fingerprint density at radius 3 is 1.00 bits per heavy atom. The van der Waals surface area contributed by atoms with Gasteiger partial charge in [0.2, 0.25) is 0 Å². The average molecular weight is 286 g/mol. The molecule has 0 spiro atoms. The largest absolute Gasteiger partial charge is 0.422 e. The highest BCUT2D eigenvalue weighted by molar-refractivity contribution is 5.78. The van der Waals surface area contributed by atoms with Gasteiger partial charge in [0.05, 0.1) is 10.8 Å². The lowest BCUT2D eigenvalue weighted by Crippen LogP contribution is -2.51. The molecule has 0 aliphatic rings. The summed E-state index contributed by atoms with van der Waals surface area (Å²) < 4.78 is 11.1. The van der Waals surface area contributed by atoms with Crippen LogP contribution in [0.1, 0.15) is 69.2 Å². The van der Waals surface area contributed by atoms with Crippen LogP contribution >= 0.6 is 0 Å². The van der Waals surface area contributed by atoms with Gasteiger partial charge in [-0.3, -0.25) is 9.59 Å². The zero-order valence-electron chi connectivity index (χ0n) is 14.6. The summed E-state index contributed by atoms with van der Waals surface area (Å²) in [5, 5.41) is 0. The maximum Gasteiger partial charge on any atom is 0.314 e. The van der Waals surface area contributed by atoms with Crippen molar-refractivity contribution in [2.45, 2.75) is 75.0 Å². The Labute approximate surface area is 123 Å². The summed E-state index contributed by atoms with van der Waals surface area (Å²) in [7, 11) is 0. The molecule has 0 aliphatic heterocycles. The van der Waals surface area contributed by atoms with Gasteiger partial charge in [-0.05, 0) is 41.5 Å². The summed E-state index contributed by atoms with van der Waals surface area (Å²) in [6, 6.07) is 0. The van der Waals surface area contributed by atoms with Crippen LogP contribution in [0.4, 0.5) is 0 Å². The summed E-state index contributed by atoms with van der Waals surface area (Å²) in [4.78, 5) is 24.3. The molecule has 0 unspecified atom stereocenters. The van der Waals surface area contributed by atoms with Crippen LogP contribution in [0.3, 0.4) is 0 Å². The molecule has 0 saturated carbocycles. The molecule has 0 heterocycles. The second-order valence-electron chi connectivity index (χ2n) is 8.47. The molecule has 20 heavy (non-hydrogen) atoms. The topological polar surface area (TPSA) is 52.6 Å². The van der Waals surface area contributed by atoms with Gasteiger partial charge < -0.3 is 9.47 Å². The van der Waals surface area contributed by atoms with E-state index in [1.54, 1.807) is 48.5 Å². The second kappa shape index (κ2) is 5.38. The van der Waals surface area contributed by atoms with Crippen LogP contribution < -0.4 is 0 Å². The number of rotatable bonds is 2. The van der Waals surface area contributed by atoms with Crippen molar-refractivity contribution in [1.82, 2.24) is 0 Å². The fraction of sp³-hybridized carbons (Fsp3) is 0.875. The Morgan fingerprint density at radius 1 is 0.600 bits per heavy atom. The van der Waals surface area contributed by atoms with E-state index in [0.717, 1.165) is 0 Å². The lowest BCUT2D eigenvalue weighted by atomic mass is 9.85. The standard InChI is InChI=1S/C16H30O4/c1-13(2,3)11(17)19-16(10,15(7,8)9)20-12(18)14(4,5)6/h1-10H3. The van der Waals surface area contributed by atoms with E-state index in [0.29, 0.717) is 0 Å². The quantitative estimate of drug-likeness (QED) is 0.570. The summed E-state index contributed by atoms with van der Waals surface area (Å²) in [6.45, 7) is 17.9. The zero-order valence-corrected chi connectivity index (χ0v) is 14.6. The fourth-order valence-corrected chi connectivity index (χ4v) is 0.987. The molecule has 0 atom stereocenters. The van der Waals surface area contributed by atoms with Crippen molar-refractivity contribution in [3.8, 4) is 0 Å². The van der Waals surface area contributed by atoms with Gasteiger partial charge in [0.25, 0.3) is 5.79 Å². The van der Waals surface area contributed by atoms with Crippen molar-refractivity contribution in [2.75, 3.05) is 0 Å². The first-order chi connectivity index (χ1) is 8.51. The number of hydrogen-bond acceptors (Lipinski definition) is 4. The Bertz CT molecular complexity index is 347. The molecule has 0 aromatic heterocycles. The summed E-state index contributed by atoms with van der Waals surface area (Å²) in [5.41, 5.74) is -1.84. The van der Waals surface area contributed by atoms with E-state index in [2.05, 4.69) is 0 Å². The van der Waals surface area contributed by atoms with E-state index in [1.165, 1.54) is 0 Å². The van der Waals surface area contributed by atoms with Gasteiger partial charge in [-0.25, -0.2) is 0 Å². The molecule has 118 valence electrons. The molecule has 0 fully saturated rings. The lowest BCUT2D eigenvalue weighted by Gasteiger charge is -2.42. The predicted molar refractivity (Wildman–Crippen MR) is 79.0 cm³/mol. The maximum atomic E-state index is 12.1. The molecule has 0 aromatic rings. The number of carbonyl (C=O) groups is 2. The van der Waals surface area contributed by atoms with Gasteiger partial charge >= 0.3 is 11.9 Å². The molecule has 0 saturated heterocycles. The predicted octanol–water partition coefficient (Wildman–Crippen LogP) is 3.93. The highest BCUT2D eigenvalue weighted by Gasteiger charge is 2.48. The number of carbonyl (C=O) groups excluding carboxylic acids is 2. The third kappa shape index (κ3) is 4.80. The van der Waals surface area contributed by atoms with Crippen LogP contribution in [0, 0.1) is 16.2 Å². The van der Waals surface area contributed by atoms with Gasteiger partial charge in [-0.2, -0.15) is 0 Å². The van der Waals surface area contributed by atoms with E-state index < -0.39 is 34.0 Å². The monoisotopic (exact) mass is 286 g/mol. The smallest absolute Gasteiger partial charge is 0.314 e. The van der Waals surface area contributed by atoms with Gasteiger partial charge in [0.1, 0.15) is 0 Å². The van der Waals surface area contributed by atoms with Crippen LogP contribution in [0.15, 0.2) is 0 Å². The fourth-order valence-electron chi connectivity index (χ4n) is 0.987. The molecule has 0 radical (unpaired) electrons. The van der Waals surface area contributed by atoms with Crippen LogP contribution in [0.25, 0.3) is 0 Å². The van der Waals surface area contributed by atoms with E-state index in [4.69, 9.17) is 9.47 Å². The number of ether oxygens (including phenoxy) is 2. The summed E-state index contributed by atoms with van der Waals surface area (Å²) in [6.07, 6.45) is 0. The van der Waals surface area contributed by atoms with Crippen molar-refractivity contribution in [3.05, 3.63) is 0 Å². The minimum absolute atomic E-state index is 0.392. The van der Waals surface area contributed by atoms with Crippen molar-refractivity contribution >= 4 is 11.9 Å². The first kappa shape index (κ1) is 18.9. The Morgan fingerprint density at radius 2 is 0.850 bits per heavy atom. The molecule has 4 nitrogen and oxygen atoms in total. The minimum Gasteiger partial charge on any atom is -0.422 e. The normalized spacial score (nSPS) is 13.9. The van der Waals surface area contributed by atoms with Crippen molar-refractivity contribution in [2.24, 2.45) is 16.2 Å². The van der Waals surface area contributed by atoms with E-state index >= 15 is 0 Å². The molecule has 0 N–H and O–H groups in total. The minimum atomic E-state index is -1.30. The maximum absolute atomic E-state index is 12.1. The number of esters is 2. The lowest BCUT2D eigenvalue weighted by molar-refractivity contribution is -0.265. The van der Waals surface area contributed by atoms with Crippen molar-refractivity contribution < 1.29 is 19.1 Å². The van der Waals surface area contributed by atoms with Crippen LogP contribution in [0.2, 0.25) is 0 Å². The third-order valence-electron chi connectivity index (χ3n) is 3.16. The van der Waals surface area contributed by atoms with Gasteiger partial charge in [-0.15, -0.1) is 0 Å². The second-order valence-corrected chi connectivity index (χ2v) is 8.47. The van der Waals surface area contributed by atoms with E-state index in [1.807, 2.05) is 20.8 Å². The Hall–Kier alpha value is -1.06. The third-order valence-corrected chi connectivity index (χ3v) is 3.16. The SMILES string of the molecule is CC(C)(C)C(=O)OC(C)(OC(=O)C(C)(C)C)C(C)(C)C. The first-order valence-electron chi connectivity index (χ1n) is 6.97. The van der Waals surface area contributed by atoms with Crippen LogP contribution in [-0.2, 0) is 19.1 Å². The van der Waals surface area contributed by atoms with Crippen molar-refractivity contribution in [1.29, 1.82) is 0 Å². The molecule has 0 aliphatic carbocycles. The number of hydrogen-bond donors (Lipinski definition) is 0. The van der Waals surface area contributed by atoms with E-state index in [9.17, 15) is 9.59 Å². The highest BCUT2D eigenvalue weighted by Crippen LogP contribution is 2.38. The molecular formula is C16H30O4. The van der Waals surface area contributed by atoms with Gasteiger partial charge in [0, 0.05) is 12.3 Å².